The summed E-state index contributed by atoms with van der Waals surface area (Å²) in [6.45, 7) is 0. The fourth-order valence-electron chi connectivity index (χ4n) is 5.30. The molecule has 3 heterocycles. The highest BCUT2D eigenvalue weighted by Gasteiger charge is 2.42. The maximum absolute atomic E-state index is 9.80. The number of thiocarbonyl (C=S) groups is 1. The molecule has 2 atom stereocenters. The van der Waals surface area contributed by atoms with E-state index < -0.39 is 0 Å². The van der Waals surface area contributed by atoms with Crippen LogP contribution < -0.4 is 15.0 Å². The Kier molecular flexibility index (Phi) is 6.07. The number of ether oxygens (including phenoxy) is 1. The number of aromatic nitrogens is 2. The molecular formula is C29H28N4O2S. The predicted molar refractivity (Wildman–Crippen MR) is 145 cm³/mol. The van der Waals surface area contributed by atoms with E-state index in [4.69, 9.17) is 17.0 Å². The molecule has 0 amide bonds. The second kappa shape index (κ2) is 9.66. The first kappa shape index (κ1) is 22.6. The molecule has 182 valence electrons. The first-order valence-corrected chi connectivity index (χ1v) is 12.8. The van der Waals surface area contributed by atoms with Gasteiger partial charge in [0.15, 0.2) is 5.11 Å². The van der Waals surface area contributed by atoms with Crippen LogP contribution in [0.25, 0.3) is 5.69 Å². The molecule has 36 heavy (non-hydrogen) atoms. The molecule has 2 fully saturated rings. The van der Waals surface area contributed by atoms with E-state index in [1.807, 2.05) is 60.9 Å². The van der Waals surface area contributed by atoms with E-state index in [0.29, 0.717) is 11.2 Å². The van der Waals surface area contributed by atoms with Gasteiger partial charge in [-0.3, -0.25) is 4.98 Å². The van der Waals surface area contributed by atoms with Gasteiger partial charge < -0.3 is 24.6 Å². The van der Waals surface area contributed by atoms with E-state index in [9.17, 15) is 5.11 Å². The van der Waals surface area contributed by atoms with E-state index in [1.165, 1.54) is 12.8 Å². The number of hydrogen-bond acceptors (Lipinski definition) is 4. The summed E-state index contributed by atoms with van der Waals surface area (Å²) in [5, 5.41) is 14.0. The Bertz CT molecular complexity index is 1330. The average molecular weight is 497 g/mol. The van der Waals surface area contributed by atoms with Gasteiger partial charge in [0.2, 0.25) is 0 Å². The van der Waals surface area contributed by atoms with Gasteiger partial charge in [-0.1, -0.05) is 6.07 Å². The van der Waals surface area contributed by atoms with Crippen LogP contribution in [0.2, 0.25) is 0 Å². The van der Waals surface area contributed by atoms with Gasteiger partial charge in [-0.25, -0.2) is 0 Å². The van der Waals surface area contributed by atoms with E-state index in [1.54, 1.807) is 12.1 Å². The van der Waals surface area contributed by atoms with Gasteiger partial charge in [0.25, 0.3) is 0 Å². The molecule has 1 saturated heterocycles. The van der Waals surface area contributed by atoms with Crippen LogP contribution in [-0.2, 0) is 0 Å². The molecule has 0 radical (unpaired) electrons. The number of pyridine rings is 1. The van der Waals surface area contributed by atoms with Crippen LogP contribution in [0, 0.1) is 0 Å². The highest BCUT2D eigenvalue weighted by Crippen LogP contribution is 2.42. The molecule has 2 N–H and O–H groups in total. The van der Waals surface area contributed by atoms with Crippen LogP contribution in [-0.4, -0.2) is 25.9 Å². The topological polar surface area (TPSA) is 62.5 Å². The molecule has 0 bridgehead atoms. The van der Waals surface area contributed by atoms with Crippen molar-refractivity contribution in [3.8, 4) is 17.2 Å². The second-order valence-corrected chi connectivity index (χ2v) is 9.72. The maximum Gasteiger partial charge on any atom is 0.174 e. The predicted octanol–water partition coefficient (Wildman–Crippen LogP) is 6.08. The van der Waals surface area contributed by atoms with Crippen molar-refractivity contribution in [1.82, 2.24) is 14.9 Å². The van der Waals surface area contributed by atoms with E-state index in [-0.39, 0.29) is 17.8 Å². The van der Waals surface area contributed by atoms with Gasteiger partial charge in [-0.15, -0.1) is 0 Å². The monoisotopic (exact) mass is 496 g/mol. The Morgan fingerprint density at radius 1 is 0.889 bits per heavy atom. The van der Waals surface area contributed by atoms with E-state index in [2.05, 4.69) is 38.0 Å². The van der Waals surface area contributed by atoms with Crippen molar-refractivity contribution in [2.75, 3.05) is 4.90 Å². The fourth-order valence-corrected chi connectivity index (χ4v) is 5.65. The lowest BCUT2D eigenvalue weighted by Gasteiger charge is -2.29. The first-order chi connectivity index (χ1) is 17.7. The van der Waals surface area contributed by atoms with Gasteiger partial charge in [0.1, 0.15) is 17.5 Å². The molecule has 0 spiro atoms. The zero-order valence-electron chi connectivity index (χ0n) is 19.8. The zero-order chi connectivity index (χ0) is 24.5. The Hall–Kier alpha value is -3.84. The molecule has 2 aromatic heterocycles. The number of rotatable bonds is 6. The molecule has 1 saturated carbocycles. The van der Waals surface area contributed by atoms with E-state index >= 15 is 0 Å². The maximum atomic E-state index is 9.80. The van der Waals surface area contributed by atoms with Crippen molar-refractivity contribution < 1.29 is 9.84 Å². The summed E-state index contributed by atoms with van der Waals surface area (Å²) in [6.07, 6.45) is 8.92. The minimum atomic E-state index is -0.141. The SMILES string of the molecule is Oc1ccc(-n2cccc2[C@H]2[C@H](c3ccccn3)NC(=S)N2c2ccc(OC3CCCC3)cc2)cc1. The van der Waals surface area contributed by atoms with Crippen LogP contribution >= 0.6 is 12.2 Å². The quantitative estimate of drug-likeness (QED) is 0.316. The molecule has 4 aromatic rings. The van der Waals surface area contributed by atoms with E-state index in [0.717, 1.165) is 41.4 Å². The van der Waals surface area contributed by atoms with Crippen LogP contribution in [0.3, 0.4) is 0 Å². The molecule has 1 aliphatic carbocycles. The molecule has 6 nitrogen and oxygen atoms in total. The third kappa shape index (κ3) is 4.31. The molecule has 0 unspecified atom stereocenters. The number of benzene rings is 2. The van der Waals surface area contributed by atoms with Crippen molar-refractivity contribution in [1.29, 1.82) is 0 Å². The Morgan fingerprint density at radius 3 is 2.36 bits per heavy atom. The number of phenolic OH excluding ortho intramolecular Hbond substituents is 1. The highest BCUT2D eigenvalue weighted by molar-refractivity contribution is 7.80. The molecule has 2 aliphatic rings. The first-order valence-electron chi connectivity index (χ1n) is 12.4. The van der Waals surface area contributed by atoms with Crippen molar-refractivity contribution in [3.05, 3.63) is 103 Å². The molecule has 7 heteroatoms. The summed E-state index contributed by atoms with van der Waals surface area (Å²) in [7, 11) is 0. The summed E-state index contributed by atoms with van der Waals surface area (Å²) in [5.41, 5.74) is 3.95. The lowest BCUT2D eigenvalue weighted by molar-refractivity contribution is 0.210. The summed E-state index contributed by atoms with van der Waals surface area (Å²) in [5.74, 6) is 1.14. The Morgan fingerprint density at radius 2 is 1.64 bits per heavy atom. The van der Waals surface area contributed by atoms with Crippen molar-refractivity contribution in [3.63, 3.8) is 0 Å². The number of aromatic hydroxyl groups is 1. The number of anilines is 1. The van der Waals surface area contributed by atoms with Gasteiger partial charge in [0.05, 0.1) is 17.8 Å². The summed E-state index contributed by atoms with van der Waals surface area (Å²) in [6, 6.07) is 25.3. The highest BCUT2D eigenvalue weighted by atomic mass is 32.1. The lowest BCUT2D eigenvalue weighted by Crippen LogP contribution is -2.30. The van der Waals surface area contributed by atoms with Crippen LogP contribution in [0.5, 0.6) is 11.5 Å². The summed E-state index contributed by atoms with van der Waals surface area (Å²) >= 11 is 5.89. The van der Waals surface area contributed by atoms with Crippen molar-refractivity contribution >= 4 is 23.0 Å². The molecule has 2 aromatic carbocycles. The summed E-state index contributed by atoms with van der Waals surface area (Å²) in [4.78, 5) is 6.82. The third-order valence-electron chi connectivity index (χ3n) is 7.03. The van der Waals surface area contributed by atoms with Gasteiger partial charge in [-0.2, -0.15) is 0 Å². The number of phenols is 1. The standard InChI is InChI=1S/C29H28N4O2S/c34-22-14-10-20(11-15-22)32-19-5-9-26(32)28-27(25-8-3-4-18-30-25)31-29(36)33(28)21-12-16-24(17-13-21)35-23-6-1-2-7-23/h3-5,8-19,23,27-28,34H,1-2,6-7H2,(H,31,36)/t27-,28-/m0/s1. The van der Waals surface area contributed by atoms with Gasteiger partial charge in [0, 0.05) is 29.5 Å². The minimum absolute atomic E-state index is 0.140. The second-order valence-electron chi connectivity index (χ2n) is 9.33. The van der Waals surface area contributed by atoms with Crippen LogP contribution in [0.15, 0.2) is 91.3 Å². The zero-order valence-corrected chi connectivity index (χ0v) is 20.6. The molecule has 6 rings (SSSR count). The average Bonchev–Trinajstić information content (AvgIpc) is 3.66. The number of nitrogens with zero attached hydrogens (tertiary/aromatic N) is 3. The Balaban J connectivity index is 1.39. The van der Waals surface area contributed by atoms with Crippen LogP contribution in [0.4, 0.5) is 5.69 Å². The third-order valence-corrected chi connectivity index (χ3v) is 7.34. The Labute approximate surface area is 216 Å². The van der Waals surface area contributed by atoms with Crippen molar-refractivity contribution in [2.24, 2.45) is 0 Å². The largest absolute Gasteiger partial charge is 0.508 e. The minimum Gasteiger partial charge on any atom is -0.508 e. The number of hydrogen-bond donors (Lipinski definition) is 2. The fraction of sp³-hybridized carbons (Fsp3) is 0.241. The smallest absolute Gasteiger partial charge is 0.174 e. The van der Waals surface area contributed by atoms with Gasteiger partial charge >= 0.3 is 0 Å². The normalized spacial score (nSPS) is 20.0. The molecule has 1 aliphatic heterocycles. The number of nitrogens with one attached hydrogen (secondary N) is 1. The van der Waals surface area contributed by atoms with Crippen molar-refractivity contribution in [2.45, 2.75) is 43.9 Å². The molecular weight excluding hydrogens is 468 g/mol. The lowest BCUT2D eigenvalue weighted by atomic mass is 10.0. The van der Waals surface area contributed by atoms with Gasteiger partial charge in [-0.05, 0) is 111 Å². The summed E-state index contributed by atoms with van der Waals surface area (Å²) < 4.78 is 8.33. The van der Waals surface area contributed by atoms with Crippen LogP contribution in [0.1, 0.15) is 49.2 Å².